The summed E-state index contributed by atoms with van der Waals surface area (Å²) in [5.41, 5.74) is 0.958. The number of anilines is 1. The van der Waals surface area contributed by atoms with E-state index in [4.69, 9.17) is 0 Å². The molecule has 0 spiro atoms. The molecule has 0 aliphatic rings. The van der Waals surface area contributed by atoms with Gasteiger partial charge in [-0.25, -0.2) is 0 Å². The number of hydrogen-bond acceptors (Lipinski definition) is 5. The molecule has 0 radical (unpaired) electrons. The van der Waals surface area contributed by atoms with Crippen molar-refractivity contribution in [2.24, 2.45) is 5.92 Å². The van der Waals surface area contributed by atoms with Crippen LogP contribution < -0.4 is 10.6 Å². The average Bonchev–Trinajstić information content (AvgIpc) is 3.18. The predicted molar refractivity (Wildman–Crippen MR) is 114 cm³/mol. The summed E-state index contributed by atoms with van der Waals surface area (Å²) in [4.78, 5) is 25.1. The zero-order valence-corrected chi connectivity index (χ0v) is 17.7. The van der Waals surface area contributed by atoms with Crippen molar-refractivity contribution in [1.82, 2.24) is 15.5 Å². The van der Waals surface area contributed by atoms with Crippen molar-refractivity contribution in [1.29, 1.82) is 0 Å². The summed E-state index contributed by atoms with van der Waals surface area (Å²) < 4.78 is 0. The van der Waals surface area contributed by atoms with Crippen molar-refractivity contribution >= 4 is 28.3 Å². The summed E-state index contributed by atoms with van der Waals surface area (Å²) in [5.74, 6) is -0.285. The second-order valence-electron chi connectivity index (χ2n) is 7.01. The zero-order chi connectivity index (χ0) is 20.4. The van der Waals surface area contributed by atoms with Crippen LogP contribution in [0.15, 0.2) is 30.3 Å². The average molecular weight is 403 g/mol. The van der Waals surface area contributed by atoms with Crippen molar-refractivity contribution < 1.29 is 9.59 Å². The fourth-order valence-electron chi connectivity index (χ4n) is 2.81. The standard InChI is InChI=1S/C21H30N4O2S/c1-4-6-7-11-14-17(26)22-18(15(3)5-2)19(27)23-21-25-24-20(28-21)16-12-9-8-10-13-16/h8-10,12-13,15,18H,4-7,11,14H2,1-3H3,(H,22,26)(H,23,25,27)/t15-,18-/m0/s1. The molecule has 1 aromatic heterocycles. The fourth-order valence-corrected chi connectivity index (χ4v) is 3.57. The quantitative estimate of drug-likeness (QED) is 0.536. The molecule has 0 bridgehead atoms. The summed E-state index contributed by atoms with van der Waals surface area (Å²) in [6.45, 7) is 6.12. The molecule has 1 heterocycles. The Balaban J connectivity index is 1.97. The lowest BCUT2D eigenvalue weighted by Crippen LogP contribution is -2.47. The summed E-state index contributed by atoms with van der Waals surface area (Å²) >= 11 is 1.32. The van der Waals surface area contributed by atoms with Crippen LogP contribution in [0.2, 0.25) is 0 Å². The van der Waals surface area contributed by atoms with E-state index in [2.05, 4.69) is 27.8 Å². The molecule has 1 aromatic carbocycles. The number of nitrogens with one attached hydrogen (secondary N) is 2. The van der Waals surface area contributed by atoms with E-state index in [0.717, 1.165) is 42.7 Å². The third-order valence-corrected chi connectivity index (χ3v) is 5.63. The van der Waals surface area contributed by atoms with Crippen LogP contribution in [0, 0.1) is 5.92 Å². The normalized spacial score (nSPS) is 13.0. The third-order valence-electron chi connectivity index (χ3n) is 4.75. The minimum absolute atomic E-state index is 0.0288. The van der Waals surface area contributed by atoms with E-state index in [-0.39, 0.29) is 17.7 Å². The van der Waals surface area contributed by atoms with Gasteiger partial charge in [0.15, 0.2) is 0 Å². The maximum atomic E-state index is 12.8. The molecule has 2 amide bonds. The van der Waals surface area contributed by atoms with Gasteiger partial charge >= 0.3 is 0 Å². The first kappa shape index (κ1) is 22.0. The number of amides is 2. The van der Waals surface area contributed by atoms with Gasteiger partial charge in [-0.15, -0.1) is 10.2 Å². The molecular weight excluding hydrogens is 372 g/mol. The Morgan fingerprint density at radius 3 is 2.50 bits per heavy atom. The number of benzene rings is 1. The van der Waals surface area contributed by atoms with E-state index in [0.29, 0.717) is 11.6 Å². The molecule has 0 aliphatic heterocycles. The van der Waals surface area contributed by atoms with Gasteiger partial charge in [0.2, 0.25) is 16.9 Å². The van der Waals surface area contributed by atoms with E-state index >= 15 is 0 Å². The van der Waals surface area contributed by atoms with Crippen LogP contribution in [0.5, 0.6) is 0 Å². The molecule has 2 aromatic rings. The van der Waals surface area contributed by atoms with Crippen LogP contribution in [0.25, 0.3) is 10.6 Å². The summed E-state index contributed by atoms with van der Waals surface area (Å²) in [6.07, 6.45) is 5.40. The Morgan fingerprint density at radius 1 is 1.07 bits per heavy atom. The molecule has 0 aliphatic carbocycles. The van der Waals surface area contributed by atoms with Gasteiger partial charge in [-0.2, -0.15) is 0 Å². The number of carbonyl (C=O) groups excluding carboxylic acids is 2. The van der Waals surface area contributed by atoms with Crippen molar-refractivity contribution in [2.45, 2.75) is 65.3 Å². The Morgan fingerprint density at radius 2 is 1.82 bits per heavy atom. The van der Waals surface area contributed by atoms with Crippen LogP contribution in [-0.4, -0.2) is 28.1 Å². The maximum absolute atomic E-state index is 12.8. The molecule has 152 valence electrons. The Kier molecular flexibility index (Phi) is 9.07. The van der Waals surface area contributed by atoms with Crippen LogP contribution in [-0.2, 0) is 9.59 Å². The Hall–Kier alpha value is -2.28. The first-order valence-electron chi connectivity index (χ1n) is 10.0. The Labute approximate surface area is 171 Å². The topological polar surface area (TPSA) is 84.0 Å². The molecule has 28 heavy (non-hydrogen) atoms. The van der Waals surface area contributed by atoms with Crippen molar-refractivity contribution in [3.63, 3.8) is 0 Å². The smallest absolute Gasteiger partial charge is 0.249 e. The summed E-state index contributed by atoms with van der Waals surface area (Å²) in [5, 5.41) is 15.1. The van der Waals surface area contributed by atoms with Gasteiger partial charge in [-0.3, -0.25) is 14.9 Å². The lowest BCUT2D eigenvalue weighted by molar-refractivity contribution is -0.127. The van der Waals surface area contributed by atoms with Crippen LogP contribution in [0.1, 0.15) is 59.3 Å². The lowest BCUT2D eigenvalue weighted by Gasteiger charge is -2.23. The fraction of sp³-hybridized carbons (Fsp3) is 0.524. The van der Waals surface area contributed by atoms with Crippen LogP contribution in [0.3, 0.4) is 0 Å². The molecule has 0 saturated heterocycles. The van der Waals surface area contributed by atoms with Crippen LogP contribution >= 0.6 is 11.3 Å². The predicted octanol–water partition coefficient (Wildman–Crippen LogP) is 4.64. The Bertz CT molecular complexity index is 748. The van der Waals surface area contributed by atoms with Gasteiger partial charge in [0.05, 0.1) is 0 Å². The number of rotatable bonds is 11. The molecule has 0 saturated carbocycles. The molecule has 2 rings (SSSR count). The second kappa shape index (κ2) is 11.5. The van der Waals surface area contributed by atoms with E-state index in [1.54, 1.807) is 0 Å². The lowest BCUT2D eigenvalue weighted by atomic mass is 9.98. The van der Waals surface area contributed by atoms with E-state index < -0.39 is 6.04 Å². The monoisotopic (exact) mass is 402 g/mol. The molecule has 6 nitrogen and oxygen atoms in total. The van der Waals surface area contributed by atoms with Gasteiger partial charge in [0.25, 0.3) is 0 Å². The van der Waals surface area contributed by atoms with Crippen molar-refractivity contribution in [2.75, 3.05) is 5.32 Å². The summed E-state index contributed by atoms with van der Waals surface area (Å²) in [6, 6.07) is 9.13. The second-order valence-corrected chi connectivity index (χ2v) is 7.99. The van der Waals surface area contributed by atoms with Gasteiger partial charge < -0.3 is 5.32 Å². The molecule has 2 atom stereocenters. The minimum atomic E-state index is -0.576. The SMILES string of the molecule is CCCCCCC(=O)N[C@H](C(=O)Nc1nnc(-c2ccccc2)s1)[C@@H](C)CC. The first-order valence-corrected chi connectivity index (χ1v) is 10.9. The van der Waals surface area contributed by atoms with E-state index in [1.807, 2.05) is 44.2 Å². The minimum Gasteiger partial charge on any atom is -0.344 e. The number of hydrogen-bond donors (Lipinski definition) is 2. The third kappa shape index (κ3) is 6.71. The number of carbonyl (C=O) groups is 2. The van der Waals surface area contributed by atoms with Gasteiger partial charge in [0.1, 0.15) is 11.0 Å². The maximum Gasteiger partial charge on any atom is 0.249 e. The number of nitrogens with zero attached hydrogens (tertiary/aromatic N) is 2. The largest absolute Gasteiger partial charge is 0.344 e. The van der Waals surface area contributed by atoms with E-state index in [9.17, 15) is 9.59 Å². The van der Waals surface area contributed by atoms with Gasteiger partial charge in [-0.05, 0) is 12.3 Å². The highest BCUT2D eigenvalue weighted by Gasteiger charge is 2.26. The highest BCUT2D eigenvalue weighted by Crippen LogP contribution is 2.26. The molecule has 2 N–H and O–H groups in total. The van der Waals surface area contributed by atoms with Gasteiger partial charge in [0, 0.05) is 12.0 Å². The highest BCUT2D eigenvalue weighted by molar-refractivity contribution is 7.18. The van der Waals surface area contributed by atoms with Gasteiger partial charge in [-0.1, -0.05) is 88.1 Å². The first-order chi connectivity index (χ1) is 13.5. The van der Waals surface area contributed by atoms with Crippen molar-refractivity contribution in [3.8, 4) is 10.6 Å². The molecule has 7 heteroatoms. The molecular formula is C21H30N4O2S. The van der Waals surface area contributed by atoms with Crippen molar-refractivity contribution in [3.05, 3.63) is 30.3 Å². The highest BCUT2D eigenvalue weighted by atomic mass is 32.1. The zero-order valence-electron chi connectivity index (χ0n) is 16.9. The van der Waals surface area contributed by atoms with Crippen LogP contribution in [0.4, 0.5) is 5.13 Å². The molecule has 0 unspecified atom stereocenters. The summed E-state index contributed by atoms with van der Waals surface area (Å²) in [7, 11) is 0. The van der Waals surface area contributed by atoms with E-state index in [1.165, 1.54) is 11.3 Å². The molecule has 0 fully saturated rings. The number of unbranched alkanes of at least 4 members (excludes halogenated alkanes) is 3. The number of aromatic nitrogens is 2.